The highest BCUT2D eigenvalue weighted by Crippen LogP contribution is 2.15. The first-order valence-corrected chi connectivity index (χ1v) is 4.15. The van der Waals surface area contributed by atoms with Crippen molar-refractivity contribution in [2.75, 3.05) is 7.11 Å². The molecule has 0 unspecified atom stereocenters. The summed E-state index contributed by atoms with van der Waals surface area (Å²) >= 11 is 0. The average molecular weight is 234 g/mol. The number of esters is 1. The molecule has 0 aliphatic carbocycles. The molecule has 5 heteroatoms. The van der Waals surface area contributed by atoms with E-state index in [4.69, 9.17) is 5.73 Å². The first-order valence-electron chi connectivity index (χ1n) is 4.15. The van der Waals surface area contributed by atoms with Crippen LogP contribution in [-0.2, 0) is 9.53 Å². The Morgan fingerprint density at radius 1 is 1.53 bits per heavy atom. The molecule has 1 aromatic rings. The van der Waals surface area contributed by atoms with E-state index in [1.54, 1.807) is 19.1 Å². The fourth-order valence-electron chi connectivity index (χ4n) is 1.07. The van der Waals surface area contributed by atoms with Gasteiger partial charge in [-0.25, -0.2) is 4.39 Å². The number of halogens is 2. The number of hydrogen-bond acceptors (Lipinski definition) is 3. The first kappa shape index (κ1) is 13.9. The molecule has 0 fully saturated rings. The number of ether oxygens (including phenoxy) is 1. The summed E-state index contributed by atoms with van der Waals surface area (Å²) in [6, 6.07) is 3.51. The second kappa shape index (κ2) is 5.68. The Morgan fingerprint density at radius 3 is 2.60 bits per heavy atom. The van der Waals surface area contributed by atoms with E-state index in [2.05, 4.69) is 4.74 Å². The van der Waals surface area contributed by atoms with Crippen molar-refractivity contribution >= 4 is 18.4 Å². The zero-order chi connectivity index (χ0) is 10.7. The summed E-state index contributed by atoms with van der Waals surface area (Å²) in [6.45, 7) is 1.64. The van der Waals surface area contributed by atoms with Gasteiger partial charge in [-0.05, 0) is 24.1 Å². The van der Waals surface area contributed by atoms with E-state index in [0.29, 0.717) is 11.1 Å². The molecule has 0 amide bonds. The Morgan fingerprint density at radius 2 is 2.13 bits per heavy atom. The van der Waals surface area contributed by atoms with E-state index < -0.39 is 12.0 Å². The molecule has 3 nitrogen and oxygen atoms in total. The van der Waals surface area contributed by atoms with E-state index in [9.17, 15) is 9.18 Å². The summed E-state index contributed by atoms with van der Waals surface area (Å²) in [6.07, 6.45) is 0. The summed E-state index contributed by atoms with van der Waals surface area (Å²) in [5, 5.41) is 0. The number of carbonyl (C=O) groups excluding carboxylic acids is 1. The van der Waals surface area contributed by atoms with Crippen LogP contribution in [0, 0.1) is 12.7 Å². The lowest BCUT2D eigenvalue weighted by molar-refractivity contribution is -0.142. The summed E-state index contributed by atoms with van der Waals surface area (Å²) in [5.41, 5.74) is 6.46. The molecule has 2 N–H and O–H groups in total. The van der Waals surface area contributed by atoms with Gasteiger partial charge in [0.2, 0.25) is 0 Å². The van der Waals surface area contributed by atoms with Crippen molar-refractivity contribution in [3.8, 4) is 0 Å². The highest BCUT2D eigenvalue weighted by atomic mass is 35.5. The maximum Gasteiger partial charge on any atom is 0.327 e. The summed E-state index contributed by atoms with van der Waals surface area (Å²) < 4.78 is 17.5. The number of benzene rings is 1. The number of hydrogen-bond donors (Lipinski definition) is 1. The lowest BCUT2D eigenvalue weighted by atomic mass is 10.1. The molecule has 1 aromatic carbocycles. The summed E-state index contributed by atoms with van der Waals surface area (Å²) in [4.78, 5) is 11.0. The Balaban J connectivity index is 0.00000196. The Kier molecular flexibility index (Phi) is 5.25. The fourth-order valence-corrected chi connectivity index (χ4v) is 1.07. The van der Waals surface area contributed by atoms with Gasteiger partial charge in [0.05, 0.1) is 7.11 Å². The van der Waals surface area contributed by atoms with Crippen LogP contribution in [0.15, 0.2) is 18.2 Å². The van der Waals surface area contributed by atoms with Gasteiger partial charge in [-0.2, -0.15) is 0 Å². The van der Waals surface area contributed by atoms with Crippen molar-refractivity contribution < 1.29 is 13.9 Å². The Labute approximate surface area is 93.8 Å². The molecule has 1 rings (SSSR count). The molecule has 0 aliphatic rings. The smallest absolute Gasteiger partial charge is 0.327 e. The normalized spacial score (nSPS) is 11.5. The van der Waals surface area contributed by atoms with Crippen LogP contribution in [0.3, 0.4) is 0 Å². The molecule has 0 radical (unpaired) electrons. The van der Waals surface area contributed by atoms with Gasteiger partial charge < -0.3 is 10.5 Å². The molecule has 0 spiro atoms. The van der Waals surface area contributed by atoms with Crippen molar-refractivity contribution in [1.82, 2.24) is 0 Å². The quantitative estimate of drug-likeness (QED) is 0.792. The van der Waals surface area contributed by atoms with Crippen LogP contribution in [0.4, 0.5) is 4.39 Å². The van der Waals surface area contributed by atoms with E-state index in [-0.39, 0.29) is 18.2 Å². The van der Waals surface area contributed by atoms with Crippen LogP contribution in [0.1, 0.15) is 17.2 Å². The molecule has 0 heterocycles. The van der Waals surface area contributed by atoms with Gasteiger partial charge in [0, 0.05) is 0 Å². The van der Waals surface area contributed by atoms with Crippen molar-refractivity contribution in [3.63, 3.8) is 0 Å². The molecule has 0 aromatic heterocycles. The molecule has 0 bridgehead atoms. The van der Waals surface area contributed by atoms with Gasteiger partial charge in [0.1, 0.15) is 11.9 Å². The number of nitrogens with two attached hydrogens (primary N) is 1. The highest BCUT2D eigenvalue weighted by Gasteiger charge is 2.16. The van der Waals surface area contributed by atoms with Gasteiger partial charge in [-0.15, -0.1) is 12.4 Å². The van der Waals surface area contributed by atoms with E-state index in [1.165, 1.54) is 13.2 Å². The minimum Gasteiger partial charge on any atom is -0.468 e. The molecule has 1 atom stereocenters. The van der Waals surface area contributed by atoms with Crippen LogP contribution < -0.4 is 5.73 Å². The van der Waals surface area contributed by atoms with E-state index in [1.807, 2.05) is 0 Å². The third-order valence-corrected chi connectivity index (χ3v) is 2.01. The van der Waals surface area contributed by atoms with Gasteiger partial charge in [-0.1, -0.05) is 12.1 Å². The number of rotatable bonds is 2. The second-order valence-corrected chi connectivity index (χ2v) is 3.01. The number of carbonyl (C=O) groups is 1. The molecule has 0 saturated heterocycles. The minimum absolute atomic E-state index is 0. The van der Waals surface area contributed by atoms with Crippen LogP contribution in [-0.4, -0.2) is 13.1 Å². The third kappa shape index (κ3) is 3.18. The van der Waals surface area contributed by atoms with Gasteiger partial charge in [0.15, 0.2) is 0 Å². The maximum absolute atomic E-state index is 13.1. The van der Waals surface area contributed by atoms with Gasteiger partial charge in [-0.3, -0.25) is 4.79 Å². The average Bonchev–Trinajstić information content (AvgIpc) is 2.20. The third-order valence-electron chi connectivity index (χ3n) is 2.01. The largest absolute Gasteiger partial charge is 0.468 e. The predicted octanol–water partition coefficient (Wildman–Crippen LogP) is 1.73. The predicted molar refractivity (Wildman–Crippen MR) is 57.3 cm³/mol. The van der Waals surface area contributed by atoms with E-state index in [0.717, 1.165) is 0 Å². The van der Waals surface area contributed by atoms with Gasteiger partial charge >= 0.3 is 5.97 Å². The van der Waals surface area contributed by atoms with Crippen molar-refractivity contribution in [3.05, 3.63) is 35.1 Å². The molecular weight excluding hydrogens is 221 g/mol. The Hall–Kier alpha value is -1.13. The molecule has 84 valence electrons. The Bertz CT molecular complexity index is 357. The monoisotopic (exact) mass is 233 g/mol. The van der Waals surface area contributed by atoms with E-state index >= 15 is 0 Å². The van der Waals surface area contributed by atoms with Gasteiger partial charge in [0.25, 0.3) is 0 Å². The maximum atomic E-state index is 13.1. The van der Waals surface area contributed by atoms with Crippen molar-refractivity contribution in [2.45, 2.75) is 13.0 Å². The summed E-state index contributed by atoms with van der Waals surface area (Å²) in [5.74, 6) is -0.949. The summed E-state index contributed by atoms with van der Waals surface area (Å²) in [7, 11) is 1.24. The molecular formula is C10H13ClFNO2. The topological polar surface area (TPSA) is 52.3 Å². The zero-order valence-corrected chi connectivity index (χ0v) is 9.31. The number of aryl methyl sites for hydroxylation is 1. The van der Waals surface area contributed by atoms with Crippen LogP contribution in [0.2, 0.25) is 0 Å². The SMILES string of the molecule is COC(=O)[C@@H](N)c1ccc(C)c(F)c1.Cl. The van der Waals surface area contributed by atoms with Crippen LogP contribution in [0.25, 0.3) is 0 Å². The highest BCUT2D eigenvalue weighted by molar-refractivity contribution is 5.85. The lowest BCUT2D eigenvalue weighted by Gasteiger charge is -2.09. The fraction of sp³-hybridized carbons (Fsp3) is 0.300. The molecule has 0 saturated carbocycles. The molecule has 15 heavy (non-hydrogen) atoms. The number of methoxy groups -OCH3 is 1. The lowest BCUT2D eigenvalue weighted by Crippen LogP contribution is -2.22. The minimum atomic E-state index is -0.921. The van der Waals surface area contributed by atoms with Crippen LogP contribution >= 0.6 is 12.4 Å². The first-order chi connectivity index (χ1) is 6.56. The molecule has 0 aliphatic heterocycles. The van der Waals surface area contributed by atoms with Crippen molar-refractivity contribution in [1.29, 1.82) is 0 Å². The zero-order valence-electron chi connectivity index (χ0n) is 8.49. The standard InChI is InChI=1S/C10H12FNO2.ClH/c1-6-3-4-7(5-8(6)11)9(12)10(13)14-2;/h3-5,9H,12H2,1-2H3;1H/t9-;/m0./s1. The second-order valence-electron chi connectivity index (χ2n) is 3.01. The van der Waals surface area contributed by atoms with Crippen LogP contribution in [0.5, 0.6) is 0 Å². The van der Waals surface area contributed by atoms with Crippen molar-refractivity contribution in [2.24, 2.45) is 5.73 Å².